The number of nitrogens with one attached hydrogen (secondary N) is 2. The van der Waals surface area contributed by atoms with Crippen molar-refractivity contribution in [3.8, 4) is 0 Å². The quantitative estimate of drug-likeness (QED) is 0.740. The van der Waals surface area contributed by atoms with Gasteiger partial charge in [-0.25, -0.2) is 0 Å². The molecule has 17 heavy (non-hydrogen) atoms. The lowest BCUT2D eigenvalue weighted by Crippen LogP contribution is -2.34. The van der Waals surface area contributed by atoms with Crippen LogP contribution in [0.1, 0.15) is 13.8 Å². The maximum atomic E-state index is 11.4. The Morgan fingerprint density at radius 2 is 1.94 bits per heavy atom. The molecule has 0 atom stereocenters. The molecule has 0 aliphatic carbocycles. The first-order valence-electron chi connectivity index (χ1n) is 5.18. The number of amides is 1. The molecule has 0 aliphatic heterocycles. The summed E-state index contributed by atoms with van der Waals surface area (Å²) in [5, 5.41) is 6.45. The Kier molecular flexibility index (Phi) is 4.90. The van der Waals surface area contributed by atoms with Crippen LogP contribution in [0.3, 0.4) is 0 Å². The van der Waals surface area contributed by atoms with Crippen molar-refractivity contribution < 1.29 is 4.79 Å². The van der Waals surface area contributed by atoms with Crippen LogP contribution in [0.4, 0.5) is 11.4 Å². The molecule has 0 aliphatic rings. The first-order valence-corrected chi connectivity index (χ1v) is 5.93. The number of benzene rings is 1. The Morgan fingerprint density at radius 1 is 1.35 bits per heavy atom. The van der Waals surface area contributed by atoms with Gasteiger partial charge in [0.15, 0.2) is 0 Å². The van der Waals surface area contributed by atoms with Crippen LogP contribution in [0.5, 0.6) is 0 Å². The lowest BCUT2D eigenvalue weighted by molar-refractivity contribution is -0.119. The second-order valence-corrected chi connectivity index (χ2v) is 4.74. The number of carbonyl (C=O) groups is 1. The molecule has 1 rings (SSSR count). The van der Waals surface area contributed by atoms with E-state index in [2.05, 4.69) is 10.6 Å². The first kappa shape index (κ1) is 13.9. The highest BCUT2D eigenvalue weighted by molar-refractivity contribution is 6.42. The van der Waals surface area contributed by atoms with Crippen LogP contribution in [0.2, 0.25) is 10.0 Å². The van der Waals surface area contributed by atoms with Gasteiger partial charge in [0.1, 0.15) is 0 Å². The van der Waals surface area contributed by atoms with Crippen molar-refractivity contribution in [2.45, 2.75) is 19.9 Å². The third kappa shape index (κ3) is 4.32. The smallest absolute Gasteiger partial charge is 0.239 e. The molecule has 94 valence electrons. The van der Waals surface area contributed by atoms with Crippen LogP contribution in [0.15, 0.2) is 12.1 Å². The van der Waals surface area contributed by atoms with Gasteiger partial charge >= 0.3 is 0 Å². The van der Waals surface area contributed by atoms with E-state index in [0.29, 0.717) is 21.4 Å². The Morgan fingerprint density at radius 3 is 2.53 bits per heavy atom. The number of nitrogens with two attached hydrogens (primary N) is 1. The fraction of sp³-hybridized carbons (Fsp3) is 0.364. The maximum absolute atomic E-state index is 11.4. The van der Waals surface area contributed by atoms with E-state index in [4.69, 9.17) is 28.9 Å². The summed E-state index contributed by atoms with van der Waals surface area (Å²) >= 11 is 11.7. The first-order chi connectivity index (χ1) is 7.90. The zero-order valence-corrected chi connectivity index (χ0v) is 11.2. The molecule has 0 unspecified atom stereocenters. The zero-order chi connectivity index (χ0) is 13.0. The van der Waals surface area contributed by atoms with E-state index in [-0.39, 0.29) is 18.5 Å². The van der Waals surface area contributed by atoms with Crippen molar-refractivity contribution in [1.29, 1.82) is 0 Å². The predicted octanol–water partition coefficient (Wildman–Crippen LogP) is 2.51. The van der Waals surface area contributed by atoms with E-state index in [1.165, 1.54) is 0 Å². The summed E-state index contributed by atoms with van der Waals surface area (Å²) in [6.45, 7) is 3.93. The van der Waals surface area contributed by atoms with E-state index in [9.17, 15) is 4.79 Å². The van der Waals surface area contributed by atoms with Gasteiger partial charge in [-0.2, -0.15) is 0 Å². The second kappa shape index (κ2) is 5.98. The summed E-state index contributed by atoms with van der Waals surface area (Å²) in [7, 11) is 0. The molecule has 0 heterocycles. The van der Waals surface area contributed by atoms with Crippen LogP contribution >= 0.6 is 23.2 Å². The van der Waals surface area contributed by atoms with E-state index in [0.717, 1.165) is 0 Å². The van der Waals surface area contributed by atoms with Crippen LogP contribution in [-0.2, 0) is 4.79 Å². The maximum Gasteiger partial charge on any atom is 0.239 e. The Hall–Kier alpha value is -1.13. The van der Waals surface area contributed by atoms with Gasteiger partial charge in [0.2, 0.25) is 5.91 Å². The van der Waals surface area contributed by atoms with Gasteiger partial charge in [0.05, 0.1) is 28.0 Å². The zero-order valence-electron chi connectivity index (χ0n) is 9.68. The van der Waals surface area contributed by atoms with Gasteiger partial charge < -0.3 is 16.4 Å². The van der Waals surface area contributed by atoms with Gasteiger partial charge in [-0.05, 0) is 26.0 Å². The highest BCUT2D eigenvalue weighted by atomic mass is 35.5. The van der Waals surface area contributed by atoms with Gasteiger partial charge in [0, 0.05) is 6.04 Å². The number of nitrogen functional groups attached to an aromatic ring is 1. The summed E-state index contributed by atoms with van der Waals surface area (Å²) < 4.78 is 0. The van der Waals surface area contributed by atoms with Crippen molar-refractivity contribution in [2.75, 3.05) is 17.6 Å². The van der Waals surface area contributed by atoms with E-state index in [1.807, 2.05) is 13.8 Å². The average molecular weight is 276 g/mol. The third-order valence-electron chi connectivity index (χ3n) is 1.98. The monoisotopic (exact) mass is 275 g/mol. The number of hydrogen-bond donors (Lipinski definition) is 3. The molecule has 0 bridgehead atoms. The van der Waals surface area contributed by atoms with E-state index < -0.39 is 0 Å². The highest BCUT2D eigenvalue weighted by Gasteiger charge is 2.07. The summed E-state index contributed by atoms with van der Waals surface area (Å²) in [5.74, 6) is -0.106. The van der Waals surface area contributed by atoms with Crippen molar-refractivity contribution in [3.63, 3.8) is 0 Å². The molecule has 0 radical (unpaired) electrons. The predicted molar refractivity (Wildman–Crippen MR) is 72.6 cm³/mol. The molecule has 4 nitrogen and oxygen atoms in total. The summed E-state index contributed by atoms with van der Waals surface area (Å²) in [6.07, 6.45) is 0. The SMILES string of the molecule is CC(C)NC(=O)CNc1cc(Cl)c(Cl)cc1N. The van der Waals surface area contributed by atoms with E-state index >= 15 is 0 Å². The minimum Gasteiger partial charge on any atom is -0.397 e. The number of halogens is 2. The normalized spacial score (nSPS) is 10.4. The van der Waals surface area contributed by atoms with Crippen LogP contribution in [0.25, 0.3) is 0 Å². The number of rotatable bonds is 4. The molecule has 0 saturated heterocycles. The van der Waals surface area contributed by atoms with Crippen LogP contribution in [0, 0.1) is 0 Å². The lowest BCUT2D eigenvalue weighted by atomic mass is 10.2. The summed E-state index contributed by atoms with van der Waals surface area (Å²) in [5.41, 5.74) is 6.79. The van der Waals surface area contributed by atoms with Gasteiger partial charge in [-0.1, -0.05) is 23.2 Å². The highest BCUT2D eigenvalue weighted by Crippen LogP contribution is 2.30. The lowest BCUT2D eigenvalue weighted by Gasteiger charge is -2.12. The van der Waals surface area contributed by atoms with Crippen molar-refractivity contribution >= 4 is 40.5 Å². The molecule has 0 fully saturated rings. The minimum absolute atomic E-state index is 0.106. The molecule has 1 aromatic carbocycles. The fourth-order valence-electron chi connectivity index (χ4n) is 1.26. The van der Waals surface area contributed by atoms with E-state index in [1.54, 1.807) is 12.1 Å². The average Bonchev–Trinajstić information content (AvgIpc) is 2.20. The van der Waals surface area contributed by atoms with Crippen molar-refractivity contribution in [1.82, 2.24) is 5.32 Å². The second-order valence-electron chi connectivity index (χ2n) is 3.93. The number of hydrogen-bond acceptors (Lipinski definition) is 3. The molecule has 1 aromatic rings. The largest absolute Gasteiger partial charge is 0.397 e. The molecule has 4 N–H and O–H groups in total. The summed E-state index contributed by atoms with van der Waals surface area (Å²) in [6, 6.07) is 3.25. The fourth-order valence-corrected chi connectivity index (χ4v) is 1.60. The molecule has 1 amide bonds. The number of carbonyl (C=O) groups excluding carboxylic acids is 1. The molecular weight excluding hydrogens is 261 g/mol. The number of anilines is 2. The standard InChI is InChI=1S/C11H15Cl2N3O/c1-6(2)16-11(17)5-15-10-4-8(13)7(12)3-9(10)14/h3-4,6,15H,5,14H2,1-2H3,(H,16,17). The third-order valence-corrected chi connectivity index (χ3v) is 2.70. The minimum atomic E-state index is -0.106. The topological polar surface area (TPSA) is 67.2 Å². The van der Waals surface area contributed by atoms with Crippen molar-refractivity contribution in [3.05, 3.63) is 22.2 Å². The molecule has 6 heteroatoms. The molecule has 0 saturated carbocycles. The van der Waals surface area contributed by atoms with Crippen LogP contribution < -0.4 is 16.4 Å². The van der Waals surface area contributed by atoms with Crippen LogP contribution in [-0.4, -0.2) is 18.5 Å². The van der Waals surface area contributed by atoms with Gasteiger partial charge in [0.25, 0.3) is 0 Å². The molecule has 0 aromatic heterocycles. The molecule has 0 spiro atoms. The Balaban J connectivity index is 2.63. The van der Waals surface area contributed by atoms with Gasteiger partial charge in [-0.15, -0.1) is 0 Å². The Labute approximate surface area is 110 Å². The molecular formula is C11H15Cl2N3O. The summed E-state index contributed by atoms with van der Waals surface area (Å²) in [4.78, 5) is 11.4. The Bertz CT molecular complexity index is 421. The van der Waals surface area contributed by atoms with Crippen molar-refractivity contribution in [2.24, 2.45) is 0 Å². The van der Waals surface area contributed by atoms with Gasteiger partial charge in [-0.3, -0.25) is 4.79 Å².